The van der Waals surface area contributed by atoms with Crippen molar-refractivity contribution in [3.8, 4) is 5.75 Å². The van der Waals surface area contributed by atoms with Crippen LogP contribution in [0.3, 0.4) is 0 Å². The van der Waals surface area contributed by atoms with Crippen LogP contribution in [-0.2, 0) is 9.47 Å². The van der Waals surface area contributed by atoms with E-state index < -0.39 is 0 Å². The fourth-order valence-corrected chi connectivity index (χ4v) is 1.79. The molecule has 0 unspecified atom stereocenters. The smallest absolute Gasteiger partial charge is 0.206 e. The zero-order valence-electron chi connectivity index (χ0n) is 10.3. The lowest BCUT2D eigenvalue weighted by Gasteiger charge is -2.07. The molecule has 0 saturated carbocycles. The SMILES string of the molecule is COCCOCOc1ccc2occ(Br)c(=O)c2c1. The molecule has 0 aliphatic carbocycles. The molecule has 1 aromatic carbocycles. The number of hydrogen-bond donors (Lipinski definition) is 0. The van der Waals surface area contributed by atoms with Crippen molar-refractivity contribution in [3.05, 3.63) is 39.2 Å². The molecule has 6 heteroatoms. The summed E-state index contributed by atoms with van der Waals surface area (Å²) in [7, 11) is 1.60. The molecule has 19 heavy (non-hydrogen) atoms. The van der Waals surface area contributed by atoms with Gasteiger partial charge in [0, 0.05) is 7.11 Å². The van der Waals surface area contributed by atoms with E-state index in [1.807, 2.05) is 0 Å². The Morgan fingerprint density at radius 3 is 2.95 bits per heavy atom. The number of hydrogen-bond acceptors (Lipinski definition) is 5. The summed E-state index contributed by atoms with van der Waals surface area (Å²) < 4.78 is 21.1. The van der Waals surface area contributed by atoms with E-state index in [2.05, 4.69) is 15.9 Å². The van der Waals surface area contributed by atoms with Gasteiger partial charge in [0.25, 0.3) is 0 Å². The van der Waals surface area contributed by atoms with Gasteiger partial charge in [-0.1, -0.05) is 0 Å². The Bertz CT molecular complexity index is 607. The molecule has 102 valence electrons. The van der Waals surface area contributed by atoms with Crippen molar-refractivity contribution in [2.45, 2.75) is 0 Å². The summed E-state index contributed by atoms with van der Waals surface area (Å²) in [6.07, 6.45) is 1.37. The molecule has 0 atom stereocenters. The number of rotatable bonds is 6. The van der Waals surface area contributed by atoms with Crippen LogP contribution in [0.4, 0.5) is 0 Å². The number of halogens is 1. The van der Waals surface area contributed by atoms with Crippen LogP contribution in [-0.4, -0.2) is 27.1 Å². The third-order valence-electron chi connectivity index (χ3n) is 2.44. The van der Waals surface area contributed by atoms with E-state index in [0.29, 0.717) is 34.4 Å². The van der Waals surface area contributed by atoms with Crippen molar-refractivity contribution >= 4 is 26.9 Å². The fraction of sp³-hybridized carbons (Fsp3) is 0.308. The first-order valence-electron chi connectivity index (χ1n) is 5.63. The minimum atomic E-state index is -0.132. The van der Waals surface area contributed by atoms with Crippen molar-refractivity contribution in [1.82, 2.24) is 0 Å². The number of ether oxygens (including phenoxy) is 3. The molecule has 2 aromatic rings. The average molecular weight is 329 g/mol. The molecule has 0 saturated heterocycles. The fourth-order valence-electron chi connectivity index (χ4n) is 1.49. The first-order chi connectivity index (χ1) is 9.22. The maximum absolute atomic E-state index is 11.9. The lowest BCUT2D eigenvalue weighted by Crippen LogP contribution is -2.08. The van der Waals surface area contributed by atoms with Gasteiger partial charge in [0.05, 0.1) is 18.6 Å². The monoisotopic (exact) mass is 328 g/mol. The Hall–Kier alpha value is -1.37. The lowest BCUT2D eigenvalue weighted by atomic mass is 10.2. The van der Waals surface area contributed by atoms with Crippen LogP contribution in [0.2, 0.25) is 0 Å². The predicted octanol–water partition coefficient (Wildman–Crippen LogP) is 2.55. The normalized spacial score (nSPS) is 10.8. The highest BCUT2D eigenvalue weighted by atomic mass is 79.9. The molecule has 2 rings (SSSR count). The minimum Gasteiger partial charge on any atom is -0.468 e. The molecule has 0 spiro atoms. The summed E-state index contributed by atoms with van der Waals surface area (Å²) in [6, 6.07) is 5.04. The lowest BCUT2D eigenvalue weighted by molar-refractivity contribution is -0.00841. The van der Waals surface area contributed by atoms with Crippen LogP contribution in [0.15, 0.2) is 38.1 Å². The summed E-state index contributed by atoms with van der Waals surface area (Å²) in [4.78, 5) is 11.9. The Kier molecular flexibility index (Phi) is 4.95. The maximum Gasteiger partial charge on any atom is 0.206 e. The van der Waals surface area contributed by atoms with E-state index in [0.717, 1.165) is 0 Å². The average Bonchev–Trinajstić information content (AvgIpc) is 2.43. The topological polar surface area (TPSA) is 57.9 Å². The Morgan fingerprint density at radius 1 is 1.32 bits per heavy atom. The molecule has 0 fully saturated rings. The molecule has 1 heterocycles. The summed E-state index contributed by atoms with van der Waals surface area (Å²) in [5.74, 6) is 0.551. The van der Waals surface area contributed by atoms with Crippen LogP contribution in [0.25, 0.3) is 11.0 Å². The quantitative estimate of drug-likeness (QED) is 0.602. The highest BCUT2D eigenvalue weighted by Crippen LogP contribution is 2.20. The Morgan fingerprint density at radius 2 is 2.16 bits per heavy atom. The van der Waals surface area contributed by atoms with Gasteiger partial charge in [-0.15, -0.1) is 0 Å². The first kappa shape index (κ1) is 14.0. The summed E-state index contributed by atoms with van der Waals surface area (Å²) in [5, 5.41) is 0.462. The van der Waals surface area contributed by atoms with E-state index in [1.54, 1.807) is 25.3 Å². The van der Waals surface area contributed by atoms with Crippen LogP contribution in [0.1, 0.15) is 0 Å². The van der Waals surface area contributed by atoms with Crippen molar-refractivity contribution in [2.75, 3.05) is 27.1 Å². The van der Waals surface area contributed by atoms with Gasteiger partial charge in [0.1, 0.15) is 22.1 Å². The molecule has 0 bridgehead atoms. The van der Waals surface area contributed by atoms with E-state index in [9.17, 15) is 4.79 Å². The second kappa shape index (κ2) is 6.70. The van der Waals surface area contributed by atoms with Crippen molar-refractivity contribution in [3.63, 3.8) is 0 Å². The van der Waals surface area contributed by atoms with Crippen molar-refractivity contribution < 1.29 is 18.6 Å². The summed E-state index contributed by atoms with van der Waals surface area (Å²) in [5.41, 5.74) is 0.382. The largest absolute Gasteiger partial charge is 0.468 e. The number of fused-ring (bicyclic) bond motifs is 1. The maximum atomic E-state index is 11.9. The number of methoxy groups -OCH3 is 1. The van der Waals surface area contributed by atoms with Gasteiger partial charge < -0.3 is 18.6 Å². The zero-order chi connectivity index (χ0) is 13.7. The van der Waals surface area contributed by atoms with E-state index in [1.165, 1.54) is 6.26 Å². The third-order valence-corrected chi connectivity index (χ3v) is 2.99. The molecule has 0 aliphatic rings. The van der Waals surface area contributed by atoms with Gasteiger partial charge in [0.2, 0.25) is 5.43 Å². The van der Waals surface area contributed by atoms with Crippen molar-refractivity contribution in [2.24, 2.45) is 0 Å². The summed E-state index contributed by atoms with van der Waals surface area (Å²) >= 11 is 3.14. The minimum absolute atomic E-state index is 0.105. The third kappa shape index (κ3) is 3.56. The predicted molar refractivity (Wildman–Crippen MR) is 73.5 cm³/mol. The Balaban J connectivity index is 2.08. The van der Waals surface area contributed by atoms with E-state index in [-0.39, 0.29) is 12.2 Å². The molecule has 0 radical (unpaired) electrons. The van der Waals surface area contributed by atoms with Gasteiger partial charge in [-0.3, -0.25) is 4.79 Å². The second-order valence-corrected chi connectivity index (χ2v) is 4.59. The highest BCUT2D eigenvalue weighted by Gasteiger charge is 2.06. The van der Waals surface area contributed by atoms with Gasteiger partial charge in [-0.25, -0.2) is 0 Å². The second-order valence-electron chi connectivity index (χ2n) is 3.73. The molecular formula is C13H13BrO5. The van der Waals surface area contributed by atoms with Crippen LogP contribution >= 0.6 is 15.9 Å². The van der Waals surface area contributed by atoms with Crippen LogP contribution in [0.5, 0.6) is 5.75 Å². The summed E-state index contributed by atoms with van der Waals surface area (Å²) in [6.45, 7) is 1.07. The molecular weight excluding hydrogens is 316 g/mol. The van der Waals surface area contributed by atoms with E-state index in [4.69, 9.17) is 18.6 Å². The Labute approximate surface area is 118 Å². The molecule has 0 aliphatic heterocycles. The highest BCUT2D eigenvalue weighted by molar-refractivity contribution is 9.10. The van der Waals surface area contributed by atoms with Gasteiger partial charge in [-0.2, -0.15) is 0 Å². The molecule has 0 N–H and O–H groups in total. The van der Waals surface area contributed by atoms with Crippen LogP contribution < -0.4 is 10.2 Å². The van der Waals surface area contributed by atoms with Crippen LogP contribution in [0, 0.1) is 0 Å². The standard InChI is InChI=1S/C13H13BrO5/c1-16-4-5-17-8-19-9-2-3-12-10(6-9)13(15)11(14)7-18-12/h2-3,6-7H,4-5,8H2,1H3. The molecule has 5 nitrogen and oxygen atoms in total. The van der Waals surface area contributed by atoms with Crippen molar-refractivity contribution in [1.29, 1.82) is 0 Å². The zero-order valence-corrected chi connectivity index (χ0v) is 11.9. The molecule has 0 amide bonds. The van der Waals surface area contributed by atoms with Gasteiger partial charge >= 0.3 is 0 Å². The molecule has 1 aromatic heterocycles. The first-order valence-corrected chi connectivity index (χ1v) is 6.42. The van der Waals surface area contributed by atoms with Gasteiger partial charge in [-0.05, 0) is 34.1 Å². The van der Waals surface area contributed by atoms with Gasteiger partial charge in [0.15, 0.2) is 6.79 Å². The number of benzene rings is 1. The van der Waals surface area contributed by atoms with E-state index >= 15 is 0 Å².